The first-order valence-corrected chi connectivity index (χ1v) is 10.1. The molecule has 0 spiro atoms. The molecule has 114 valence electrons. The third-order valence-corrected chi connectivity index (χ3v) is 6.36. The van der Waals surface area contributed by atoms with Gasteiger partial charge in [-0.1, -0.05) is 76.7 Å². The maximum absolute atomic E-state index is 12.3. The van der Waals surface area contributed by atoms with Crippen LogP contribution in [0.4, 0.5) is 0 Å². The van der Waals surface area contributed by atoms with Crippen molar-refractivity contribution in [3.05, 3.63) is 67.4 Å². The van der Waals surface area contributed by atoms with Gasteiger partial charge in [-0.3, -0.25) is 4.57 Å². The van der Waals surface area contributed by atoms with Crippen LogP contribution >= 0.6 is 64.4 Å². The summed E-state index contributed by atoms with van der Waals surface area (Å²) in [5, 5.41) is 0.313. The van der Waals surface area contributed by atoms with Gasteiger partial charge in [0.1, 0.15) is 5.02 Å². The maximum Gasteiger partial charge on any atom is 0.360 e. The average Bonchev–Trinajstić information content (AvgIpc) is 2.50. The summed E-state index contributed by atoms with van der Waals surface area (Å²) in [4.78, 5) is 0. The molecule has 1 atom stereocenters. The monoisotopic (exact) mass is 412 g/mol. The summed E-state index contributed by atoms with van der Waals surface area (Å²) in [6, 6.07) is 9.16. The van der Waals surface area contributed by atoms with Gasteiger partial charge < -0.3 is 4.52 Å². The van der Waals surface area contributed by atoms with Crippen LogP contribution in [-0.4, -0.2) is 0 Å². The second kappa shape index (κ2) is 5.94. The van der Waals surface area contributed by atoms with Crippen molar-refractivity contribution in [3.8, 4) is 5.75 Å². The fourth-order valence-electron chi connectivity index (χ4n) is 2.14. The standard InChI is InChI=1S/C14H6Cl5O2P/c15-10-9-8(7-4-2-1-3-5-7)6-22(19,20)21-14(9)13(18)12(17)11(10)16/h1-6H. The van der Waals surface area contributed by atoms with Gasteiger partial charge in [-0.05, 0) is 16.8 Å². The Morgan fingerprint density at radius 1 is 0.864 bits per heavy atom. The Morgan fingerprint density at radius 2 is 1.45 bits per heavy atom. The minimum absolute atomic E-state index is 0.0217. The zero-order valence-electron chi connectivity index (χ0n) is 10.6. The Morgan fingerprint density at radius 3 is 2.09 bits per heavy atom. The Labute approximate surface area is 151 Å². The van der Waals surface area contributed by atoms with Crippen LogP contribution in [-0.2, 0) is 4.57 Å². The molecule has 22 heavy (non-hydrogen) atoms. The number of benzene rings is 2. The molecule has 8 heteroatoms. The zero-order chi connectivity index (χ0) is 16.1. The molecule has 2 nitrogen and oxygen atoms in total. The number of hydrogen-bond acceptors (Lipinski definition) is 2. The fraction of sp³-hybridized carbons (Fsp3) is 0. The van der Waals surface area contributed by atoms with Crippen LogP contribution in [0.1, 0.15) is 11.1 Å². The average molecular weight is 414 g/mol. The van der Waals surface area contributed by atoms with Crippen LogP contribution in [0.3, 0.4) is 0 Å². The second-order valence-electron chi connectivity index (χ2n) is 4.48. The molecule has 0 bridgehead atoms. The third kappa shape index (κ3) is 2.78. The first-order chi connectivity index (χ1) is 10.3. The summed E-state index contributed by atoms with van der Waals surface area (Å²) in [6.45, 7) is -3.56. The molecule has 1 aliphatic heterocycles. The number of halogens is 5. The van der Waals surface area contributed by atoms with E-state index in [1.165, 1.54) is 5.82 Å². The lowest BCUT2D eigenvalue weighted by Gasteiger charge is -2.25. The van der Waals surface area contributed by atoms with Gasteiger partial charge in [0.25, 0.3) is 0 Å². The van der Waals surface area contributed by atoms with Crippen molar-refractivity contribution in [2.75, 3.05) is 0 Å². The van der Waals surface area contributed by atoms with Gasteiger partial charge in [-0.2, -0.15) is 0 Å². The summed E-state index contributed by atoms with van der Waals surface area (Å²) >= 11 is 30.5. The van der Waals surface area contributed by atoms with Crippen molar-refractivity contribution in [1.29, 1.82) is 0 Å². The van der Waals surface area contributed by atoms with Gasteiger partial charge in [-0.15, -0.1) is 0 Å². The van der Waals surface area contributed by atoms with Crippen LogP contribution in [0.2, 0.25) is 20.1 Å². The van der Waals surface area contributed by atoms with Gasteiger partial charge in [-0.25, -0.2) is 0 Å². The van der Waals surface area contributed by atoms with Gasteiger partial charge in [0.15, 0.2) is 5.75 Å². The Hall–Kier alpha value is -0.340. The molecule has 0 N–H and O–H groups in total. The molecule has 0 aromatic heterocycles. The quantitative estimate of drug-likeness (QED) is 0.274. The maximum atomic E-state index is 12.3. The number of hydrogen-bond donors (Lipinski definition) is 0. The molecule has 0 saturated heterocycles. The van der Waals surface area contributed by atoms with Crippen LogP contribution in [0.5, 0.6) is 5.75 Å². The molecule has 0 radical (unpaired) electrons. The van der Waals surface area contributed by atoms with E-state index in [1.807, 2.05) is 30.3 Å². The van der Waals surface area contributed by atoms with Crippen molar-refractivity contribution < 1.29 is 9.09 Å². The van der Waals surface area contributed by atoms with E-state index in [-0.39, 0.29) is 25.8 Å². The highest BCUT2D eigenvalue weighted by molar-refractivity contribution is 7.88. The third-order valence-electron chi connectivity index (χ3n) is 3.08. The summed E-state index contributed by atoms with van der Waals surface area (Å²) in [7, 11) is 0. The molecular formula is C14H6Cl5O2P. The predicted molar refractivity (Wildman–Crippen MR) is 94.1 cm³/mol. The summed E-state index contributed by atoms with van der Waals surface area (Å²) in [5.74, 6) is 1.40. The number of rotatable bonds is 1. The Balaban J connectivity index is 2.39. The summed E-state index contributed by atoms with van der Waals surface area (Å²) < 4.78 is 17.6. The van der Waals surface area contributed by atoms with Crippen molar-refractivity contribution >= 4 is 69.9 Å². The van der Waals surface area contributed by atoms with Crippen LogP contribution in [0.15, 0.2) is 36.1 Å². The smallest absolute Gasteiger partial charge is 0.360 e. The van der Waals surface area contributed by atoms with Crippen LogP contribution < -0.4 is 4.52 Å². The van der Waals surface area contributed by atoms with E-state index in [1.54, 1.807) is 0 Å². The van der Waals surface area contributed by atoms with E-state index in [0.717, 1.165) is 5.56 Å². The molecule has 3 rings (SSSR count). The normalized spacial score (nSPS) is 20.1. The highest BCUT2D eigenvalue weighted by atomic mass is 35.7. The first kappa shape index (κ1) is 16.5. The minimum Gasteiger partial charge on any atom is -0.428 e. The second-order valence-corrected chi connectivity index (χ2v) is 8.89. The minimum atomic E-state index is -3.56. The van der Waals surface area contributed by atoms with Crippen molar-refractivity contribution in [2.24, 2.45) is 0 Å². The lowest BCUT2D eigenvalue weighted by atomic mass is 9.98. The Kier molecular flexibility index (Phi) is 4.46. The highest BCUT2D eigenvalue weighted by Gasteiger charge is 2.34. The highest BCUT2D eigenvalue weighted by Crippen LogP contribution is 2.64. The van der Waals surface area contributed by atoms with Crippen molar-refractivity contribution in [3.63, 3.8) is 0 Å². The molecule has 0 amide bonds. The van der Waals surface area contributed by atoms with Gasteiger partial charge in [0.2, 0.25) is 0 Å². The lowest BCUT2D eigenvalue weighted by Crippen LogP contribution is -2.02. The Bertz CT molecular complexity index is 848. The molecule has 0 saturated carbocycles. The molecule has 0 aliphatic carbocycles. The summed E-state index contributed by atoms with van der Waals surface area (Å²) in [5.41, 5.74) is 1.70. The SMILES string of the molecule is O=P1(Cl)C=C(c2ccccc2)c2c(Cl)c(Cl)c(Cl)c(Cl)c2O1. The first-order valence-electron chi connectivity index (χ1n) is 5.95. The predicted octanol–water partition coefficient (Wildman–Crippen LogP) is 7.51. The van der Waals surface area contributed by atoms with E-state index >= 15 is 0 Å². The molecule has 1 unspecified atom stereocenters. The lowest BCUT2D eigenvalue weighted by molar-refractivity contribution is 0.505. The van der Waals surface area contributed by atoms with Gasteiger partial charge >= 0.3 is 6.72 Å². The van der Waals surface area contributed by atoms with Gasteiger partial charge in [0.05, 0.1) is 15.1 Å². The topological polar surface area (TPSA) is 26.3 Å². The van der Waals surface area contributed by atoms with E-state index < -0.39 is 6.72 Å². The molecule has 2 aromatic rings. The summed E-state index contributed by atoms with van der Waals surface area (Å²) in [6.07, 6.45) is 0. The number of fused-ring (bicyclic) bond motifs is 1. The molecule has 1 heterocycles. The van der Waals surface area contributed by atoms with Crippen molar-refractivity contribution in [2.45, 2.75) is 0 Å². The zero-order valence-corrected chi connectivity index (χ0v) is 15.3. The molecule has 2 aromatic carbocycles. The molecule has 0 fully saturated rings. The van der Waals surface area contributed by atoms with E-state index in [0.29, 0.717) is 11.1 Å². The molecule has 1 aliphatic rings. The fourth-order valence-corrected chi connectivity index (χ4v) is 4.74. The van der Waals surface area contributed by atoms with E-state index in [9.17, 15) is 4.57 Å². The van der Waals surface area contributed by atoms with Crippen LogP contribution in [0, 0.1) is 0 Å². The van der Waals surface area contributed by atoms with Gasteiger partial charge in [0, 0.05) is 17.0 Å². The molecular weight excluding hydrogens is 408 g/mol. The van der Waals surface area contributed by atoms with E-state index in [4.69, 9.17) is 62.2 Å². The largest absolute Gasteiger partial charge is 0.428 e. The van der Waals surface area contributed by atoms with Crippen LogP contribution in [0.25, 0.3) is 5.57 Å². The van der Waals surface area contributed by atoms with Crippen molar-refractivity contribution in [1.82, 2.24) is 0 Å². The van der Waals surface area contributed by atoms with E-state index in [2.05, 4.69) is 0 Å².